The van der Waals surface area contributed by atoms with E-state index in [2.05, 4.69) is 26.6 Å². The Hall–Kier alpha value is -3.30. The SMILES string of the molecule is COc1ccccc1NC1NC(=O)C2C(NC(=O)CC2C(=O)Nc2cc(Cl)ccc2C)N1. The molecule has 2 aromatic carbocycles. The average molecular weight is 458 g/mol. The van der Waals surface area contributed by atoms with Gasteiger partial charge in [-0.2, -0.15) is 0 Å². The smallest absolute Gasteiger partial charge is 0.229 e. The minimum Gasteiger partial charge on any atom is -0.495 e. The lowest BCUT2D eigenvalue weighted by Gasteiger charge is -2.43. The van der Waals surface area contributed by atoms with Crippen molar-refractivity contribution in [2.24, 2.45) is 11.8 Å². The van der Waals surface area contributed by atoms with Crippen molar-refractivity contribution in [3.8, 4) is 5.75 Å². The summed E-state index contributed by atoms with van der Waals surface area (Å²) in [5, 5.41) is 15.2. The van der Waals surface area contributed by atoms with Crippen LogP contribution in [-0.4, -0.2) is 37.3 Å². The van der Waals surface area contributed by atoms with E-state index in [0.29, 0.717) is 22.1 Å². The van der Waals surface area contributed by atoms with Crippen LogP contribution >= 0.6 is 11.6 Å². The number of fused-ring (bicyclic) bond motifs is 1. The lowest BCUT2D eigenvalue weighted by Crippen LogP contribution is -2.72. The normalized spacial score (nSPS) is 24.6. The monoisotopic (exact) mass is 457 g/mol. The predicted octanol–water partition coefficient (Wildman–Crippen LogP) is 1.79. The van der Waals surface area contributed by atoms with E-state index in [1.54, 1.807) is 31.4 Å². The largest absolute Gasteiger partial charge is 0.495 e. The number of para-hydroxylation sites is 2. The van der Waals surface area contributed by atoms with E-state index >= 15 is 0 Å². The maximum absolute atomic E-state index is 13.1. The van der Waals surface area contributed by atoms with E-state index in [1.165, 1.54) is 0 Å². The summed E-state index contributed by atoms with van der Waals surface area (Å²) in [6.45, 7) is 1.84. The molecule has 4 rings (SSSR count). The van der Waals surface area contributed by atoms with Gasteiger partial charge in [0.1, 0.15) is 5.75 Å². The third-order valence-corrected chi connectivity index (χ3v) is 5.89. The van der Waals surface area contributed by atoms with Crippen molar-refractivity contribution in [2.45, 2.75) is 25.8 Å². The first-order valence-corrected chi connectivity index (χ1v) is 10.6. The first-order chi connectivity index (χ1) is 15.4. The summed E-state index contributed by atoms with van der Waals surface area (Å²) < 4.78 is 5.33. The first-order valence-electron chi connectivity index (χ1n) is 10.2. The molecule has 2 fully saturated rings. The number of halogens is 1. The second kappa shape index (κ2) is 9.05. The number of piperidine rings is 1. The second-order valence-corrected chi connectivity index (χ2v) is 8.22. The number of benzene rings is 2. The molecule has 2 aliphatic heterocycles. The number of amides is 3. The number of aryl methyl sites for hydroxylation is 1. The lowest BCUT2D eigenvalue weighted by atomic mass is 9.81. The highest BCUT2D eigenvalue weighted by atomic mass is 35.5. The summed E-state index contributed by atoms with van der Waals surface area (Å²) in [4.78, 5) is 38.4. The predicted molar refractivity (Wildman–Crippen MR) is 120 cm³/mol. The second-order valence-electron chi connectivity index (χ2n) is 7.78. The van der Waals surface area contributed by atoms with Gasteiger partial charge in [0.25, 0.3) is 0 Å². The summed E-state index contributed by atoms with van der Waals surface area (Å²) in [5.74, 6) is -2.08. The van der Waals surface area contributed by atoms with Gasteiger partial charge in [-0.15, -0.1) is 0 Å². The molecule has 0 saturated carbocycles. The van der Waals surface area contributed by atoms with Gasteiger partial charge in [-0.3, -0.25) is 19.7 Å². The number of methoxy groups -OCH3 is 1. The van der Waals surface area contributed by atoms with E-state index in [-0.39, 0.29) is 18.2 Å². The van der Waals surface area contributed by atoms with Crippen molar-refractivity contribution in [1.29, 1.82) is 0 Å². The topological polar surface area (TPSA) is 121 Å². The van der Waals surface area contributed by atoms with E-state index in [9.17, 15) is 14.4 Å². The van der Waals surface area contributed by atoms with E-state index in [1.807, 2.05) is 25.1 Å². The summed E-state index contributed by atoms with van der Waals surface area (Å²) in [6.07, 6.45) is -1.47. The molecule has 0 bridgehead atoms. The minimum absolute atomic E-state index is 0.0910. The Kier molecular flexibility index (Phi) is 6.20. The van der Waals surface area contributed by atoms with Gasteiger partial charge in [-0.05, 0) is 36.8 Å². The van der Waals surface area contributed by atoms with E-state index in [0.717, 1.165) is 5.56 Å². The Morgan fingerprint density at radius 1 is 1.12 bits per heavy atom. The molecule has 0 radical (unpaired) electrons. The molecule has 5 N–H and O–H groups in total. The quantitative estimate of drug-likeness (QED) is 0.467. The summed E-state index contributed by atoms with van der Waals surface area (Å²) in [5.41, 5.74) is 2.04. The van der Waals surface area contributed by atoms with Crippen LogP contribution in [0.15, 0.2) is 42.5 Å². The number of hydrogen-bond acceptors (Lipinski definition) is 6. The highest BCUT2D eigenvalue weighted by molar-refractivity contribution is 6.31. The third kappa shape index (κ3) is 4.49. The molecule has 10 heteroatoms. The number of ether oxygens (including phenoxy) is 1. The number of hydrogen-bond donors (Lipinski definition) is 5. The Morgan fingerprint density at radius 3 is 2.69 bits per heavy atom. The summed E-state index contributed by atoms with van der Waals surface area (Å²) in [6, 6.07) is 12.4. The van der Waals surface area contributed by atoms with Gasteiger partial charge in [0.15, 0.2) is 6.29 Å². The first kappa shape index (κ1) is 21.9. The van der Waals surface area contributed by atoms with Crippen LogP contribution in [-0.2, 0) is 14.4 Å². The molecule has 4 unspecified atom stereocenters. The van der Waals surface area contributed by atoms with E-state index < -0.39 is 30.2 Å². The Morgan fingerprint density at radius 2 is 1.91 bits per heavy atom. The van der Waals surface area contributed by atoms with Crippen molar-refractivity contribution >= 4 is 40.7 Å². The van der Waals surface area contributed by atoms with Gasteiger partial charge >= 0.3 is 0 Å². The number of nitrogens with one attached hydrogen (secondary N) is 5. The molecule has 0 spiro atoms. The molecule has 168 valence electrons. The van der Waals surface area contributed by atoms with Crippen LogP contribution in [0.25, 0.3) is 0 Å². The number of carbonyl (C=O) groups excluding carboxylic acids is 3. The standard InChI is InChI=1S/C22H24ClN5O4/c1-11-7-8-12(23)9-15(11)24-20(30)13-10-17(29)26-19-18(13)21(31)28-22(27-19)25-14-5-3-4-6-16(14)32-2/h3-9,13,18-19,22,25,27H,10H2,1-2H3,(H,24,30)(H,26,29)(H,28,31). The van der Waals surface area contributed by atoms with Crippen LogP contribution in [0.5, 0.6) is 5.75 Å². The van der Waals surface area contributed by atoms with Crippen LogP contribution in [0.3, 0.4) is 0 Å². The van der Waals surface area contributed by atoms with Gasteiger partial charge in [0.2, 0.25) is 17.7 Å². The highest BCUT2D eigenvalue weighted by Crippen LogP contribution is 2.30. The fraction of sp³-hybridized carbons (Fsp3) is 0.318. The Labute approximate surface area is 190 Å². The molecule has 0 aromatic heterocycles. The van der Waals surface area contributed by atoms with Crippen LogP contribution in [0.2, 0.25) is 5.02 Å². The summed E-state index contributed by atoms with van der Waals surface area (Å²) in [7, 11) is 1.55. The van der Waals surface area contributed by atoms with Crippen LogP contribution < -0.4 is 31.3 Å². The van der Waals surface area contributed by atoms with Crippen molar-refractivity contribution in [2.75, 3.05) is 17.7 Å². The van der Waals surface area contributed by atoms with Crippen molar-refractivity contribution in [1.82, 2.24) is 16.0 Å². The fourth-order valence-electron chi connectivity index (χ4n) is 4.03. The molecule has 2 aliphatic rings. The molecule has 2 saturated heterocycles. The number of anilines is 2. The number of carbonyl (C=O) groups is 3. The van der Waals surface area contributed by atoms with Gasteiger partial charge in [0.05, 0.1) is 30.8 Å². The van der Waals surface area contributed by atoms with Crippen molar-refractivity contribution in [3.05, 3.63) is 53.1 Å². The highest BCUT2D eigenvalue weighted by Gasteiger charge is 2.48. The molecule has 32 heavy (non-hydrogen) atoms. The lowest BCUT2D eigenvalue weighted by molar-refractivity contribution is -0.144. The molecule has 4 atom stereocenters. The minimum atomic E-state index is -0.841. The van der Waals surface area contributed by atoms with Gasteiger partial charge in [-0.25, -0.2) is 0 Å². The molecule has 9 nitrogen and oxygen atoms in total. The van der Waals surface area contributed by atoms with E-state index in [4.69, 9.17) is 16.3 Å². The Bertz CT molecular complexity index is 1060. The molecule has 0 aliphatic carbocycles. The van der Waals surface area contributed by atoms with Crippen LogP contribution in [0.4, 0.5) is 11.4 Å². The molecule has 3 amide bonds. The number of rotatable bonds is 5. The van der Waals surface area contributed by atoms with Gasteiger partial charge in [0, 0.05) is 17.1 Å². The van der Waals surface area contributed by atoms with Crippen LogP contribution in [0, 0.1) is 18.8 Å². The molecular weight excluding hydrogens is 434 g/mol. The molecule has 2 heterocycles. The summed E-state index contributed by atoms with van der Waals surface area (Å²) >= 11 is 6.04. The molecule has 2 aromatic rings. The zero-order valence-electron chi connectivity index (χ0n) is 17.6. The Balaban J connectivity index is 1.51. The van der Waals surface area contributed by atoms with Crippen LogP contribution in [0.1, 0.15) is 12.0 Å². The van der Waals surface area contributed by atoms with Crippen molar-refractivity contribution < 1.29 is 19.1 Å². The van der Waals surface area contributed by atoms with Crippen molar-refractivity contribution in [3.63, 3.8) is 0 Å². The maximum Gasteiger partial charge on any atom is 0.229 e. The average Bonchev–Trinajstić information content (AvgIpc) is 2.75. The maximum atomic E-state index is 13.1. The third-order valence-electron chi connectivity index (χ3n) is 5.65. The zero-order chi connectivity index (χ0) is 22.8. The molecular formula is C22H24ClN5O4. The van der Waals surface area contributed by atoms with Gasteiger partial charge < -0.3 is 26.0 Å². The zero-order valence-corrected chi connectivity index (χ0v) is 18.3. The van der Waals surface area contributed by atoms with Gasteiger partial charge in [-0.1, -0.05) is 29.8 Å². The fourth-order valence-corrected chi connectivity index (χ4v) is 4.20.